The molecule has 0 unspecified atom stereocenters. The maximum atomic E-state index is 14.1. The van der Waals surface area contributed by atoms with Crippen molar-refractivity contribution < 1.29 is 23.1 Å². The van der Waals surface area contributed by atoms with Gasteiger partial charge < -0.3 is 14.5 Å². The summed E-state index contributed by atoms with van der Waals surface area (Å²) in [5.41, 5.74) is 1.77. The van der Waals surface area contributed by atoms with Gasteiger partial charge in [0.25, 0.3) is 5.91 Å². The summed E-state index contributed by atoms with van der Waals surface area (Å²) in [6, 6.07) is 14.7. The van der Waals surface area contributed by atoms with E-state index >= 15 is 0 Å². The zero-order valence-electron chi connectivity index (χ0n) is 18.3. The fraction of sp³-hybridized carbons (Fsp3) is 0.160. The first-order valence-corrected chi connectivity index (χ1v) is 11.1. The first kappa shape index (κ1) is 22.4. The summed E-state index contributed by atoms with van der Waals surface area (Å²) < 4.78 is 25.3. The molecule has 0 aliphatic carbocycles. The molecule has 0 aliphatic heterocycles. The molecule has 168 valence electrons. The number of ether oxygens (including phenoxy) is 1. The van der Waals surface area contributed by atoms with Gasteiger partial charge in [0.1, 0.15) is 22.0 Å². The molecule has 6 nitrogen and oxygen atoms in total. The van der Waals surface area contributed by atoms with Gasteiger partial charge in [-0.05, 0) is 50.6 Å². The van der Waals surface area contributed by atoms with Gasteiger partial charge in [0, 0.05) is 10.3 Å². The van der Waals surface area contributed by atoms with Crippen LogP contribution in [-0.2, 0) is 4.74 Å². The highest BCUT2D eigenvalue weighted by Crippen LogP contribution is 2.35. The Labute approximate surface area is 193 Å². The van der Waals surface area contributed by atoms with E-state index in [4.69, 9.17) is 9.15 Å². The van der Waals surface area contributed by atoms with Crippen LogP contribution >= 0.6 is 11.3 Å². The summed E-state index contributed by atoms with van der Waals surface area (Å²) >= 11 is 1.30. The highest BCUT2D eigenvalue weighted by molar-refractivity contribution is 7.16. The molecule has 0 fully saturated rings. The number of rotatable bonds is 5. The summed E-state index contributed by atoms with van der Waals surface area (Å²) in [7, 11) is 0. The number of aryl methyl sites for hydroxylation is 1. The molecular weight excluding hydrogens is 443 g/mol. The van der Waals surface area contributed by atoms with E-state index < -0.39 is 17.7 Å². The third-order valence-corrected chi connectivity index (χ3v) is 6.17. The van der Waals surface area contributed by atoms with Crippen molar-refractivity contribution in [3.05, 3.63) is 87.5 Å². The average molecular weight is 465 g/mol. The Morgan fingerprint density at radius 1 is 1.12 bits per heavy atom. The van der Waals surface area contributed by atoms with Crippen LogP contribution in [0.25, 0.3) is 11.0 Å². The number of halogens is 1. The van der Waals surface area contributed by atoms with Gasteiger partial charge >= 0.3 is 5.97 Å². The quantitative estimate of drug-likeness (QED) is 0.372. The van der Waals surface area contributed by atoms with E-state index in [0.717, 1.165) is 10.4 Å². The minimum Gasteiger partial charge on any atom is -0.462 e. The highest BCUT2D eigenvalue weighted by atomic mass is 32.1. The number of anilines is 1. The summed E-state index contributed by atoms with van der Waals surface area (Å²) in [6.07, 6.45) is 0. The Balaban J connectivity index is 1.90. The molecule has 0 spiro atoms. The van der Waals surface area contributed by atoms with E-state index in [9.17, 15) is 14.0 Å². The number of esters is 1. The zero-order valence-corrected chi connectivity index (χ0v) is 19.1. The molecule has 0 radical (unpaired) electrons. The van der Waals surface area contributed by atoms with E-state index in [1.807, 2.05) is 19.9 Å². The smallest absolute Gasteiger partial charge is 0.341 e. The second-order valence-electron chi connectivity index (χ2n) is 7.23. The first-order valence-electron chi connectivity index (χ1n) is 10.3. The van der Waals surface area contributed by atoms with Gasteiger partial charge in [-0.1, -0.05) is 30.3 Å². The topological polar surface area (TPSA) is 80.9 Å². The minimum atomic E-state index is -0.587. The number of nitrogens with zero attached hydrogens (tertiary/aromatic N) is 1. The molecule has 4 rings (SSSR count). The van der Waals surface area contributed by atoms with Crippen molar-refractivity contribution in [3.63, 3.8) is 0 Å². The number of amides is 1. The average Bonchev–Trinajstić information content (AvgIpc) is 3.07. The Hall–Kier alpha value is -3.78. The molecule has 0 saturated carbocycles. The molecule has 0 atom stereocenters. The normalized spacial score (nSPS) is 11.6. The van der Waals surface area contributed by atoms with Crippen LogP contribution in [-0.4, -0.2) is 18.5 Å². The Morgan fingerprint density at radius 2 is 1.85 bits per heavy atom. The second kappa shape index (κ2) is 9.38. The van der Waals surface area contributed by atoms with E-state index in [-0.39, 0.29) is 23.4 Å². The van der Waals surface area contributed by atoms with Crippen LogP contribution in [0.15, 0.2) is 64.0 Å². The molecule has 1 N–H and O–H groups in total. The number of carbonyl (C=O) groups excluding carboxylic acids is 2. The molecule has 33 heavy (non-hydrogen) atoms. The molecule has 8 heteroatoms. The van der Waals surface area contributed by atoms with Crippen molar-refractivity contribution in [2.75, 3.05) is 11.9 Å². The Bertz CT molecular complexity index is 1440. The lowest BCUT2D eigenvalue weighted by atomic mass is 10.1. The molecular formula is C25H21FN2O4S. The van der Waals surface area contributed by atoms with E-state index in [1.54, 1.807) is 37.3 Å². The number of thiophene rings is 1. The number of fused-ring (bicyclic) bond motifs is 1. The maximum Gasteiger partial charge on any atom is 0.341 e. The molecule has 1 amide bonds. The molecule has 0 aliphatic rings. The lowest BCUT2D eigenvalue weighted by molar-refractivity contribution is 0.0527. The molecule has 2 aromatic carbocycles. The van der Waals surface area contributed by atoms with Gasteiger partial charge in [0.15, 0.2) is 0 Å². The van der Waals surface area contributed by atoms with Gasteiger partial charge in [0.05, 0.1) is 17.9 Å². The van der Waals surface area contributed by atoms with Crippen LogP contribution in [0.2, 0.25) is 0 Å². The summed E-state index contributed by atoms with van der Waals surface area (Å²) in [6.45, 7) is 5.65. The van der Waals surface area contributed by atoms with E-state index in [1.165, 1.54) is 29.5 Å². The third-order valence-electron chi connectivity index (χ3n) is 5.07. The van der Waals surface area contributed by atoms with Gasteiger partial charge in [-0.15, -0.1) is 11.3 Å². The molecule has 0 bridgehead atoms. The van der Waals surface area contributed by atoms with Crippen LogP contribution < -0.4 is 10.9 Å². The van der Waals surface area contributed by atoms with Crippen LogP contribution in [0.5, 0.6) is 0 Å². The van der Waals surface area contributed by atoms with Crippen molar-refractivity contribution in [2.45, 2.75) is 20.8 Å². The monoisotopic (exact) mass is 464 g/mol. The summed E-state index contributed by atoms with van der Waals surface area (Å²) in [4.78, 5) is 31.2. The second-order valence-corrected chi connectivity index (χ2v) is 8.44. The minimum absolute atomic E-state index is 0.00865. The number of benzene rings is 2. The predicted octanol–water partition coefficient (Wildman–Crippen LogP) is 5.91. The van der Waals surface area contributed by atoms with Crippen molar-refractivity contribution in [1.82, 2.24) is 0 Å². The molecule has 0 saturated heterocycles. The first-order chi connectivity index (χ1) is 15.9. The SMILES string of the molecule is CCOC(=O)c1c(N=c2oc3ccccc3cc2C(=O)Nc2ccccc2F)sc(C)c1C. The summed E-state index contributed by atoms with van der Waals surface area (Å²) in [5.74, 6) is -1.64. The van der Waals surface area contributed by atoms with Gasteiger partial charge in [-0.2, -0.15) is 0 Å². The standard InChI is InChI=1S/C25H21FN2O4S/c1-4-31-25(30)21-14(2)15(3)33-24(21)28-23-17(13-16-9-5-8-12-20(16)32-23)22(29)27-19-11-7-6-10-18(19)26/h5-13H,4H2,1-3H3,(H,27,29). The van der Waals surface area contributed by atoms with Crippen LogP contribution in [0.1, 0.15) is 38.1 Å². The predicted molar refractivity (Wildman–Crippen MR) is 126 cm³/mol. The van der Waals surface area contributed by atoms with Crippen LogP contribution in [0.3, 0.4) is 0 Å². The number of nitrogens with one attached hydrogen (secondary N) is 1. The number of carbonyl (C=O) groups is 2. The third kappa shape index (κ3) is 4.56. The molecule has 2 heterocycles. The zero-order chi connectivity index (χ0) is 23.5. The lowest BCUT2D eigenvalue weighted by Crippen LogP contribution is -2.22. The lowest BCUT2D eigenvalue weighted by Gasteiger charge is -2.08. The van der Waals surface area contributed by atoms with Gasteiger partial charge in [-0.3, -0.25) is 4.79 Å². The van der Waals surface area contributed by atoms with Crippen LogP contribution in [0.4, 0.5) is 15.1 Å². The Kier molecular flexibility index (Phi) is 6.37. The highest BCUT2D eigenvalue weighted by Gasteiger charge is 2.22. The number of hydrogen-bond donors (Lipinski definition) is 1. The number of para-hydroxylation sites is 2. The largest absolute Gasteiger partial charge is 0.462 e. The fourth-order valence-corrected chi connectivity index (χ4v) is 4.30. The molecule has 4 aromatic rings. The van der Waals surface area contributed by atoms with Crippen molar-refractivity contribution in [1.29, 1.82) is 0 Å². The van der Waals surface area contributed by atoms with Crippen LogP contribution in [0, 0.1) is 19.7 Å². The van der Waals surface area contributed by atoms with Crippen molar-refractivity contribution >= 4 is 44.9 Å². The fourth-order valence-electron chi connectivity index (χ4n) is 3.29. The van der Waals surface area contributed by atoms with Gasteiger partial charge in [-0.25, -0.2) is 14.2 Å². The van der Waals surface area contributed by atoms with E-state index in [0.29, 0.717) is 21.5 Å². The maximum absolute atomic E-state index is 14.1. The molecule has 2 aromatic heterocycles. The Morgan fingerprint density at radius 3 is 2.61 bits per heavy atom. The van der Waals surface area contributed by atoms with Crippen molar-refractivity contribution in [2.24, 2.45) is 4.99 Å². The van der Waals surface area contributed by atoms with Crippen molar-refractivity contribution in [3.8, 4) is 0 Å². The summed E-state index contributed by atoms with van der Waals surface area (Å²) in [5, 5.41) is 3.63. The van der Waals surface area contributed by atoms with Gasteiger partial charge in [0.2, 0.25) is 5.55 Å². The number of hydrogen-bond acceptors (Lipinski definition) is 6. The van der Waals surface area contributed by atoms with E-state index in [2.05, 4.69) is 10.3 Å².